The third kappa shape index (κ3) is 8.17. The average molecular weight is 453 g/mol. The van der Waals surface area contributed by atoms with Gasteiger partial charge in [0.2, 0.25) is 11.7 Å². The molecule has 1 aliphatic heterocycles. The van der Waals surface area contributed by atoms with Crippen LogP contribution in [0.15, 0.2) is 12.1 Å². The number of aliphatic hydroxyl groups excluding tert-OH is 1. The van der Waals surface area contributed by atoms with Gasteiger partial charge in [-0.05, 0) is 50.0 Å². The zero-order valence-corrected chi connectivity index (χ0v) is 19.6. The van der Waals surface area contributed by atoms with Crippen molar-refractivity contribution in [3.05, 3.63) is 17.7 Å². The zero-order valence-electron chi connectivity index (χ0n) is 19.6. The lowest BCUT2D eigenvalue weighted by atomic mass is 10.00. The third-order valence-electron chi connectivity index (χ3n) is 5.92. The molecule has 1 aliphatic rings. The Morgan fingerprint density at radius 2 is 1.62 bits per heavy atom. The second-order valence-corrected chi connectivity index (χ2v) is 8.25. The highest BCUT2D eigenvalue weighted by atomic mass is 16.5. The van der Waals surface area contributed by atoms with E-state index in [1.165, 1.54) is 12.8 Å². The van der Waals surface area contributed by atoms with Crippen LogP contribution in [-0.2, 0) is 4.79 Å². The number of methoxy groups -OCH3 is 3. The van der Waals surface area contributed by atoms with Crippen molar-refractivity contribution in [1.29, 1.82) is 0 Å². The minimum atomic E-state index is -0.890. The summed E-state index contributed by atoms with van der Waals surface area (Å²) in [6, 6.07) is 3.09. The zero-order chi connectivity index (χ0) is 22.6. The van der Waals surface area contributed by atoms with Crippen molar-refractivity contribution in [1.82, 2.24) is 10.2 Å². The first-order valence-electron chi connectivity index (χ1n) is 11.5. The van der Waals surface area contributed by atoms with E-state index in [1.54, 1.807) is 33.5 Å². The Labute approximate surface area is 194 Å². The van der Waals surface area contributed by atoms with Gasteiger partial charge >= 0.3 is 0 Å². The van der Waals surface area contributed by atoms with Crippen LogP contribution in [-0.4, -0.2) is 62.9 Å². The summed E-state index contributed by atoms with van der Waals surface area (Å²) >= 11 is 0. The number of hydrogen-bond donors (Lipinski definition) is 2. The van der Waals surface area contributed by atoms with Gasteiger partial charge in [0, 0.05) is 13.0 Å². The Kier molecular flexibility index (Phi) is 13.1. The fourth-order valence-electron chi connectivity index (χ4n) is 4.14. The Hall–Kier alpha value is -1.99. The molecule has 1 fully saturated rings. The maximum absolute atomic E-state index is 12.6. The number of ether oxygens (including phenoxy) is 3. The number of nitrogens with zero attached hydrogens (tertiary/aromatic N) is 1. The number of carbonyl (C=O) groups excluding carboxylic acids is 1. The van der Waals surface area contributed by atoms with Crippen molar-refractivity contribution in [2.75, 3.05) is 41.0 Å². The van der Waals surface area contributed by atoms with Gasteiger partial charge < -0.3 is 29.5 Å². The lowest BCUT2D eigenvalue weighted by Gasteiger charge is -2.29. The lowest BCUT2D eigenvalue weighted by Crippen LogP contribution is -2.46. The minimum absolute atomic E-state index is 0. The number of carbonyl (C=O) groups is 1. The first-order chi connectivity index (χ1) is 15.0. The van der Waals surface area contributed by atoms with Gasteiger partial charge in [0.05, 0.1) is 27.4 Å². The van der Waals surface area contributed by atoms with E-state index in [2.05, 4.69) is 17.1 Å². The molecule has 0 radical (unpaired) electrons. The van der Waals surface area contributed by atoms with Crippen LogP contribution in [0.3, 0.4) is 0 Å². The van der Waals surface area contributed by atoms with Crippen molar-refractivity contribution < 1.29 is 24.1 Å². The van der Waals surface area contributed by atoms with Gasteiger partial charge in [0.15, 0.2) is 11.5 Å². The molecule has 0 aliphatic carbocycles. The third-order valence-corrected chi connectivity index (χ3v) is 5.92. The Morgan fingerprint density at radius 3 is 2.16 bits per heavy atom. The summed E-state index contributed by atoms with van der Waals surface area (Å²) in [5, 5.41) is 14.3. The highest BCUT2D eigenvalue weighted by Crippen LogP contribution is 2.40. The molecular formula is C25H44N2O5. The summed E-state index contributed by atoms with van der Waals surface area (Å²) in [5.41, 5.74) is 0.627. The summed E-state index contributed by atoms with van der Waals surface area (Å²) in [5.74, 6) is 1.44. The molecule has 2 N–H and O–H groups in total. The van der Waals surface area contributed by atoms with Crippen molar-refractivity contribution >= 4 is 5.91 Å². The molecule has 2 rings (SSSR count). The van der Waals surface area contributed by atoms with E-state index in [0.717, 1.165) is 45.2 Å². The van der Waals surface area contributed by atoms with Crippen LogP contribution < -0.4 is 19.5 Å². The van der Waals surface area contributed by atoms with E-state index in [4.69, 9.17) is 14.2 Å². The van der Waals surface area contributed by atoms with Crippen molar-refractivity contribution in [2.45, 2.75) is 77.9 Å². The number of nitrogens with one attached hydrogen (secondary N) is 1. The number of likely N-dealkylation sites (tertiary alicyclic amines) is 1. The van der Waals surface area contributed by atoms with E-state index in [1.807, 2.05) is 0 Å². The molecular weight excluding hydrogens is 408 g/mol. The first-order valence-corrected chi connectivity index (χ1v) is 11.5. The van der Waals surface area contributed by atoms with Crippen LogP contribution in [0.4, 0.5) is 0 Å². The molecule has 0 saturated carbocycles. The topological polar surface area (TPSA) is 80.3 Å². The van der Waals surface area contributed by atoms with Gasteiger partial charge in [0.1, 0.15) is 6.10 Å². The van der Waals surface area contributed by atoms with Gasteiger partial charge in [-0.15, -0.1) is 0 Å². The van der Waals surface area contributed by atoms with Crippen LogP contribution in [0, 0.1) is 0 Å². The molecule has 7 nitrogen and oxygen atoms in total. The van der Waals surface area contributed by atoms with E-state index < -0.39 is 12.1 Å². The highest BCUT2D eigenvalue weighted by molar-refractivity contribution is 5.76. The largest absolute Gasteiger partial charge is 0.493 e. The minimum Gasteiger partial charge on any atom is -0.493 e. The fourth-order valence-corrected chi connectivity index (χ4v) is 4.14. The number of unbranched alkanes of at least 4 members (excludes halogenated alkanes) is 4. The summed E-state index contributed by atoms with van der Waals surface area (Å²) in [6.45, 7) is 4.77. The van der Waals surface area contributed by atoms with Gasteiger partial charge in [-0.3, -0.25) is 4.79 Å². The van der Waals surface area contributed by atoms with Crippen LogP contribution >= 0.6 is 0 Å². The second-order valence-electron chi connectivity index (χ2n) is 8.25. The van der Waals surface area contributed by atoms with Gasteiger partial charge in [-0.2, -0.15) is 0 Å². The normalized spacial score (nSPS) is 15.5. The van der Waals surface area contributed by atoms with Gasteiger partial charge in [-0.1, -0.05) is 40.0 Å². The first kappa shape index (κ1) is 28.0. The van der Waals surface area contributed by atoms with Gasteiger partial charge in [0.25, 0.3) is 0 Å². The predicted octanol–water partition coefficient (Wildman–Crippen LogP) is 4.32. The molecule has 7 heteroatoms. The van der Waals surface area contributed by atoms with Gasteiger partial charge in [-0.25, -0.2) is 0 Å². The van der Waals surface area contributed by atoms with E-state index in [0.29, 0.717) is 35.8 Å². The molecule has 1 aromatic rings. The standard InChI is InChI=1S/C24H40N2O5.CH4/c1-5-6-7-8-9-12-22(27)25-19(17-26-13-10-11-14-26)23(28)18-15-20(29-2)24(31-4)21(16-18)30-3;/h15-16,19,23,28H,5-14,17H2,1-4H3,(H,25,27);1H4/t19-,23-;/m1./s1. The summed E-state index contributed by atoms with van der Waals surface area (Å²) in [4.78, 5) is 14.9. The Bertz CT molecular complexity index is 651. The van der Waals surface area contributed by atoms with Crippen LogP contribution in [0.2, 0.25) is 0 Å². The maximum atomic E-state index is 12.6. The summed E-state index contributed by atoms with van der Waals surface area (Å²) in [7, 11) is 4.65. The molecule has 1 aromatic carbocycles. The summed E-state index contributed by atoms with van der Waals surface area (Å²) < 4.78 is 16.3. The monoisotopic (exact) mass is 452 g/mol. The predicted molar refractivity (Wildman–Crippen MR) is 129 cm³/mol. The van der Waals surface area contributed by atoms with E-state index >= 15 is 0 Å². The molecule has 1 heterocycles. The fraction of sp³-hybridized carbons (Fsp3) is 0.720. The van der Waals surface area contributed by atoms with Crippen LogP contribution in [0.5, 0.6) is 17.2 Å². The molecule has 184 valence electrons. The van der Waals surface area contributed by atoms with Crippen LogP contribution in [0.25, 0.3) is 0 Å². The number of amides is 1. The van der Waals surface area contributed by atoms with Crippen molar-refractivity contribution in [2.24, 2.45) is 0 Å². The molecule has 32 heavy (non-hydrogen) atoms. The molecule has 0 aromatic heterocycles. The quantitative estimate of drug-likeness (QED) is 0.409. The number of aliphatic hydroxyl groups is 1. The molecule has 0 bridgehead atoms. The van der Waals surface area contributed by atoms with Crippen molar-refractivity contribution in [3.8, 4) is 17.2 Å². The Balaban J connectivity index is 0.00000512. The SMILES string of the molecule is C.CCCCCCCC(=O)N[C@H](CN1CCCC1)[C@H](O)c1cc(OC)c(OC)c(OC)c1. The molecule has 0 spiro atoms. The summed E-state index contributed by atoms with van der Waals surface area (Å²) in [6.07, 6.45) is 7.40. The number of rotatable bonds is 14. The molecule has 0 unspecified atom stereocenters. The average Bonchev–Trinajstić information content (AvgIpc) is 3.30. The van der Waals surface area contributed by atoms with Crippen molar-refractivity contribution in [3.63, 3.8) is 0 Å². The molecule has 1 saturated heterocycles. The molecule has 1 amide bonds. The molecule has 2 atom stereocenters. The van der Waals surface area contributed by atoms with E-state index in [9.17, 15) is 9.90 Å². The Morgan fingerprint density at radius 1 is 1.03 bits per heavy atom. The highest BCUT2D eigenvalue weighted by Gasteiger charge is 2.28. The van der Waals surface area contributed by atoms with Crippen LogP contribution in [0.1, 0.15) is 77.4 Å². The number of hydrogen-bond acceptors (Lipinski definition) is 6. The number of benzene rings is 1. The lowest BCUT2D eigenvalue weighted by molar-refractivity contribution is -0.123. The smallest absolute Gasteiger partial charge is 0.220 e. The maximum Gasteiger partial charge on any atom is 0.220 e. The van der Waals surface area contributed by atoms with E-state index in [-0.39, 0.29) is 13.3 Å². The second kappa shape index (κ2) is 15.0.